The molecule has 0 radical (unpaired) electrons. The lowest BCUT2D eigenvalue weighted by atomic mass is 10.2. The largest absolute Gasteiger partial charge is 0.375 e. The zero-order chi connectivity index (χ0) is 13.8. The number of hydrogen-bond acceptors (Lipinski definition) is 4. The molecule has 2 aromatic rings. The fraction of sp³-hybridized carbons (Fsp3) is 0.0769. The van der Waals surface area contributed by atoms with Gasteiger partial charge < -0.3 is 4.84 Å². The van der Waals surface area contributed by atoms with E-state index in [1.807, 2.05) is 12.3 Å². The summed E-state index contributed by atoms with van der Waals surface area (Å²) in [6, 6.07) is 6.71. The van der Waals surface area contributed by atoms with E-state index in [2.05, 4.69) is 5.16 Å². The van der Waals surface area contributed by atoms with E-state index in [1.54, 1.807) is 24.3 Å². The number of aryl methyl sites for hydroxylation is 1. The fourth-order valence-corrected chi connectivity index (χ4v) is 2.55. The van der Waals surface area contributed by atoms with Crippen molar-refractivity contribution in [2.24, 2.45) is 5.16 Å². The van der Waals surface area contributed by atoms with E-state index >= 15 is 0 Å². The van der Waals surface area contributed by atoms with Crippen LogP contribution in [-0.4, -0.2) is 12.2 Å². The monoisotopic (exact) mass is 313 g/mol. The Balaban J connectivity index is 2.02. The molecule has 0 unspecified atom stereocenters. The second-order valence-electron chi connectivity index (χ2n) is 3.77. The molecule has 1 heterocycles. The van der Waals surface area contributed by atoms with Crippen LogP contribution >= 0.6 is 34.5 Å². The van der Waals surface area contributed by atoms with Gasteiger partial charge in [-0.3, -0.25) is 0 Å². The minimum atomic E-state index is -0.487. The van der Waals surface area contributed by atoms with E-state index < -0.39 is 5.97 Å². The molecule has 0 atom stereocenters. The molecule has 1 aromatic carbocycles. The Labute approximate surface area is 124 Å². The van der Waals surface area contributed by atoms with Crippen LogP contribution in [0.25, 0.3) is 0 Å². The molecule has 0 aliphatic heterocycles. The molecular weight excluding hydrogens is 305 g/mol. The van der Waals surface area contributed by atoms with Gasteiger partial charge in [0.2, 0.25) is 0 Å². The van der Waals surface area contributed by atoms with Crippen molar-refractivity contribution in [3.63, 3.8) is 0 Å². The van der Waals surface area contributed by atoms with Crippen LogP contribution in [0.1, 0.15) is 20.8 Å². The molecule has 98 valence electrons. The van der Waals surface area contributed by atoms with E-state index in [0.29, 0.717) is 20.5 Å². The van der Waals surface area contributed by atoms with Gasteiger partial charge in [-0.05, 0) is 36.1 Å². The second kappa shape index (κ2) is 6.19. The number of benzene rings is 1. The van der Waals surface area contributed by atoms with Crippen LogP contribution in [0.2, 0.25) is 10.0 Å². The van der Waals surface area contributed by atoms with Crippen molar-refractivity contribution in [1.82, 2.24) is 0 Å². The van der Waals surface area contributed by atoms with Gasteiger partial charge in [-0.1, -0.05) is 34.4 Å². The van der Waals surface area contributed by atoms with Crippen molar-refractivity contribution in [2.75, 3.05) is 0 Å². The summed E-state index contributed by atoms with van der Waals surface area (Å²) in [5, 5.41) is 6.47. The van der Waals surface area contributed by atoms with Gasteiger partial charge in [0.05, 0.1) is 11.2 Å². The zero-order valence-corrected chi connectivity index (χ0v) is 12.2. The summed E-state index contributed by atoms with van der Waals surface area (Å²) >= 11 is 13.0. The number of rotatable bonds is 3. The summed E-state index contributed by atoms with van der Waals surface area (Å²) in [4.78, 5) is 16.9. The number of carbonyl (C=O) groups excluding carboxylic acids is 1. The van der Waals surface area contributed by atoms with Crippen molar-refractivity contribution >= 4 is 46.7 Å². The number of carbonyl (C=O) groups is 1. The number of thiophene rings is 1. The Morgan fingerprint density at radius 2 is 2.16 bits per heavy atom. The van der Waals surface area contributed by atoms with Gasteiger partial charge in [0.15, 0.2) is 0 Å². The first-order chi connectivity index (χ1) is 9.06. The van der Waals surface area contributed by atoms with Gasteiger partial charge in [0.1, 0.15) is 4.88 Å². The van der Waals surface area contributed by atoms with Crippen LogP contribution in [0, 0.1) is 6.92 Å². The van der Waals surface area contributed by atoms with Gasteiger partial charge in [0.25, 0.3) is 0 Å². The van der Waals surface area contributed by atoms with E-state index in [0.717, 1.165) is 5.56 Å². The lowest BCUT2D eigenvalue weighted by Gasteiger charge is -1.98. The lowest BCUT2D eigenvalue weighted by molar-refractivity contribution is 0.0525. The molecule has 3 nitrogen and oxygen atoms in total. The standard InChI is InChI=1S/C13H9Cl2NO2S/c1-8-4-12(19-7-8)13(17)18-16-6-9-2-3-10(14)5-11(9)15/h2-7H,1H3. The molecule has 0 saturated heterocycles. The third-order valence-electron chi connectivity index (χ3n) is 2.22. The Bertz CT molecular complexity index is 637. The fourth-order valence-electron chi connectivity index (χ4n) is 1.32. The molecule has 2 rings (SSSR count). The van der Waals surface area contributed by atoms with Crippen molar-refractivity contribution in [3.8, 4) is 0 Å². The molecule has 19 heavy (non-hydrogen) atoms. The van der Waals surface area contributed by atoms with Crippen molar-refractivity contribution in [3.05, 3.63) is 55.7 Å². The first kappa shape index (κ1) is 14.1. The maximum Gasteiger partial charge on any atom is 0.375 e. The Kier molecular flexibility index (Phi) is 4.58. The van der Waals surface area contributed by atoms with Crippen LogP contribution in [0.4, 0.5) is 0 Å². The maximum atomic E-state index is 11.6. The van der Waals surface area contributed by atoms with Crippen LogP contribution in [-0.2, 0) is 4.84 Å². The highest BCUT2D eigenvalue weighted by molar-refractivity contribution is 7.12. The highest BCUT2D eigenvalue weighted by atomic mass is 35.5. The Hall–Kier alpha value is -1.36. The number of oxime groups is 1. The molecule has 6 heteroatoms. The van der Waals surface area contributed by atoms with Crippen molar-refractivity contribution in [2.45, 2.75) is 6.92 Å². The smallest absolute Gasteiger partial charge is 0.312 e. The first-order valence-corrected chi connectivity index (χ1v) is 6.95. The molecule has 0 spiro atoms. The van der Waals surface area contributed by atoms with E-state index in [4.69, 9.17) is 28.0 Å². The average Bonchev–Trinajstić information content (AvgIpc) is 2.78. The topological polar surface area (TPSA) is 38.7 Å². The second-order valence-corrected chi connectivity index (χ2v) is 5.52. The summed E-state index contributed by atoms with van der Waals surface area (Å²) < 4.78 is 0. The van der Waals surface area contributed by atoms with Gasteiger partial charge in [-0.2, -0.15) is 0 Å². The summed E-state index contributed by atoms with van der Waals surface area (Å²) in [5.41, 5.74) is 1.64. The van der Waals surface area contributed by atoms with Crippen LogP contribution < -0.4 is 0 Å². The van der Waals surface area contributed by atoms with Gasteiger partial charge in [-0.15, -0.1) is 11.3 Å². The summed E-state index contributed by atoms with van der Waals surface area (Å²) in [6.45, 7) is 1.91. The van der Waals surface area contributed by atoms with E-state index in [9.17, 15) is 4.79 Å². The van der Waals surface area contributed by atoms with Crippen molar-refractivity contribution in [1.29, 1.82) is 0 Å². The highest BCUT2D eigenvalue weighted by Gasteiger charge is 2.09. The molecule has 0 bridgehead atoms. The zero-order valence-electron chi connectivity index (χ0n) is 9.89. The Morgan fingerprint density at radius 3 is 2.79 bits per heavy atom. The third-order valence-corrected chi connectivity index (χ3v) is 3.81. The first-order valence-electron chi connectivity index (χ1n) is 5.31. The molecule has 0 aliphatic rings. The lowest BCUT2D eigenvalue weighted by Crippen LogP contribution is -1.98. The van der Waals surface area contributed by atoms with Gasteiger partial charge in [-0.25, -0.2) is 4.79 Å². The molecule has 0 amide bonds. The molecule has 0 N–H and O–H groups in total. The van der Waals surface area contributed by atoms with Crippen molar-refractivity contribution < 1.29 is 9.63 Å². The third kappa shape index (κ3) is 3.80. The summed E-state index contributed by atoms with van der Waals surface area (Å²) in [7, 11) is 0. The van der Waals surface area contributed by atoms with Crippen LogP contribution in [0.5, 0.6) is 0 Å². The van der Waals surface area contributed by atoms with E-state index in [1.165, 1.54) is 17.6 Å². The predicted molar refractivity (Wildman–Crippen MR) is 78.5 cm³/mol. The van der Waals surface area contributed by atoms with Gasteiger partial charge >= 0.3 is 5.97 Å². The minimum absolute atomic E-state index is 0.444. The normalized spacial score (nSPS) is 10.9. The summed E-state index contributed by atoms with van der Waals surface area (Å²) in [5.74, 6) is -0.487. The number of halogens is 2. The minimum Gasteiger partial charge on any atom is -0.312 e. The predicted octanol–water partition coefficient (Wildman–Crippen LogP) is 4.55. The molecule has 0 aliphatic carbocycles. The summed E-state index contributed by atoms with van der Waals surface area (Å²) in [6.07, 6.45) is 1.37. The molecule has 0 saturated carbocycles. The maximum absolute atomic E-state index is 11.6. The molecular formula is C13H9Cl2NO2S. The quantitative estimate of drug-likeness (QED) is 0.473. The van der Waals surface area contributed by atoms with Crippen LogP contribution in [0.3, 0.4) is 0 Å². The van der Waals surface area contributed by atoms with Gasteiger partial charge in [0, 0.05) is 10.6 Å². The van der Waals surface area contributed by atoms with E-state index in [-0.39, 0.29) is 0 Å². The highest BCUT2D eigenvalue weighted by Crippen LogP contribution is 2.19. The molecule has 1 aromatic heterocycles. The Morgan fingerprint density at radius 1 is 1.37 bits per heavy atom. The SMILES string of the molecule is Cc1csc(C(=O)ON=Cc2ccc(Cl)cc2Cl)c1. The molecule has 0 fully saturated rings. The number of nitrogens with zero attached hydrogens (tertiary/aromatic N) is 1. The van der Waals surface area contributed by atoms with Crippen LogP contribution in [0.15, 0.2) is 34.8 Å². The average molecular weight is 314 g/mol. The number of hydrogen-bond donors (Lipinski definition) is 0.